The first kappa shape index (κ1) is 40.7. The average molecular weight is 787 g/mol. The van der Waals surface area contributed by atoms with Crippen LogP contribution in [0.4, 0.5) is 4.79 Å². The standard InChI is InChI=1S/C44H46N6O8/c1-6-57-38(51)26-47-40(52)34(23-29-25-46-33-15-9-7-13-30(29)33)48-41(53)35(49-43(55)58-44(2,3)4)24-32-31-14-8-10-16-36(31)50(37-17-11-12-22-45-37)39(32)27-18-20-28(21-19-27)42(54)56-5/h7-22,25,34-35,46H,6,23-24,26H2,1-5H3,(H,47,52)(H,48,53)(H,49,55)/t34-,35-/m0/s1. The van der Waals surface area contributed by atoms with Gasteiger partial charge in [-0.1, -0.05) is 54.6 Å². The molecular weight excluding hydrogens is 741 g/mol. The van der Waals surface area contributed by atoms with Gasteiger partial charge in [0.25, 0.3) is 0 Å². The van der Waals surface area contributed by atoms with Gasteiger partial charge in [-0.05, 0) is 80.8 Å². The van der Waals surface area contributed by atoms with Crippen LogP contribution in [0.25, 0.3) is 38.9 Å². The highest BCUT2D eigenvalue weighted by Crippen LogP contribution is 2.37. The first-order valence-corrected chi connectivity index (χ1v) is 18.9. The Hall–Kier alpha value is -6.96. The number of carbonyl (C=O) groups is 5. The summed E-state index contributed by atoms with van der Waals surface area (Å²) in [6.45, 7) is 6.53. The number of rotatable bonds is 14. The van der Waals surface area contributed by atoms with Gasteiger partial charge >= 0.3 is 18.0 Å². The zero-order valence-corrected chi connectivity index (χ0v) is 33.0. The molecule has 0 bridgehead atoms. The number of hydrogen-bond donors (Lipinski definition) is 4. The summed E-state index contributed by atoms with van der Waals surface area (Å²) in [7, 11) is 1.31. The van der Waals surface area contributed by atoms with Gasteiger partial charge in [-0.25, -0.2) is 14.6 Å². The normalized spacial score (nSPS) is 12.4. The van der Waals surface area contributed by atoms with Crippen LogP contribution in [-0.2, 0) is 41.4 Å². The number of nitrogens with zero attached hydrogens (tertiary/aromatic N) is 2. The summed E-state index contributed by atoms with van der Waals surface area (Å²) in [6, 6.07) is 25.1. The number of amides is 3. The fraction of sp³-hybridized carbons (Fsp3) is 0.273. The molecule has 58 heavy (non-hydrogen) atoms. The highest BCUT2D eigenvalue weighted by Gasteiger charge is 2.32. The van der Waals surface area contributed by atoms with Gasteiger partial charge in [0.2, 0.25) is 11.8 Å². The number of esters is 2. The van der Waals surface area contributed by atoms with E-state index in [9.17, 15) is 24.0 Å². The fourth-order valence-electron chi connectivity index (χ4n) is 6.78. The molecule has 2 atom stereocenters. The van der Waals surface area contributed by atoms with Crippen LogP contribution in [0.2, 0.25) is 0 Å². The average Bonchev–Trinajstić information content (AvgIpc) is 3.77. The second-order valence-electron chi connectivity index (χ2n) is 14.5. The number of para-hydroxylation sites is 2. The molecule has 0 radical (unpaired) electrons. The molecule has 6 aromatic rings. The number of alkyl carbamates (subject to hydrolysis) is 1. The largest absolute Gasteiger partial charge is 0.465 e. The van der Waals surface area contributed by atoms with E-state index in [4.69, 9.17) is 14.2 Å². The van der Waals surface area contributed by atoms with Crippen LogP contribution < -0.4 is 16.0 Å². The van der Waals surface area contributed by atoms with E-state index in [-0.39, 0.29) is 19.4 Å². The van der Waals surface area contributed by atoms with E-state index < -0.39 is 54.1 Å². The van der Waals surface area contributed by atoms with E-state index in [1.807, 2.05) is 71.3 Å². The fourth-order valence-corrected chi connectivity index (χ4v) is 6.78. The van der Waals surface area contributed by atoms with Crippen LogP contribution in [0.5, 0.6) is 0 Å². The summed E-state index contributed by atoms with van der Waals surface area (Å²) in [5.41, 5.74) is 3.84. The summed E-state index contributed by atoms with van der Waals surface area (Å²) in [6.07, 6.45) is 2.59. The van der Waals surface area contributed by atoms with Crippen molar-refractivity contribution in [3.63, 3.8) is 0 Å². The SMILES string of the molecule is CCOC(=O)CNC(=O)[C@H](Cc1c[nH]c2ccccc12)NC(=O)[C@H](Cc1c(-c2ccc(C(=O)OC)cc2)n(-c2ccccn2)c2ccccc12)NC(=O)OC(C)(C)C. The predicted octanol–water partition coefficient (Wildman–Crippen LogP) is 5.80. The van der Waals surface area contributed by atoms with Gasteiger partial charge in [0.1, 0.15) is 30.0 Å². The van der Waals surface area contributed by atoms with Crippen molar-refractivity contribution in [1.29, 1.82) is 0 Å². The third-order valence-electron chi connectivity index (χ3n) is 9.30. The number of H-pyrrole nitrogens is 1. The molecule has 0 saturated heterocycles. The number of aromatic amines is 1. The van der Waals surface area contributed by atoms with Gasteiger partial charge < -0.3 is 35.1 Å². The van der Waals surface area contributed by atoms with Crippen molar-refractivity contribution in [3.8, 4) is 17.1 Å². The van der Waals surface area contributed by atoms with E-state index in [0.29, 0.717) is 28.2 Å². The molecule has 3 aromatic carbocycles. The molecule has 0 unspecified atom stereocenters. The number of carbonyl (C=O) groups excluding carboxylic acids is 5. The van der Waals surface area contributed by atoms with Crippen LogP contribution in [0, 0.1) is 0 Å². The molecule has 4 N–H and O–H groups in total. The van der Waals surface area contributed by atoms with Gasteiger partial charge in [-0.2, -0.15) is 0 Å². The zero-order chi connectivity index (χ0) is 41.4. The molecular formula is C44H46N6O8. The lowest BCUT2D eigenvalue weighted by Crippen LogP contribution is -2.56. The maximum atomic E-state index is 14.7. The van der Waals surface area contributed by atoms with Gasteiger partial charge in [-0.3, -0.25) is 19.0 Å². The summed E-state index contributed by atoms with van der Waals surface area (Å²) < 4.78 is 17.5. The Balaban J connectivity index is 1.44. The number of fused-ring (bicyclic) bond motifs is 2. The van der Waals surface area contributed by atoms with Gasteiger partial charge in [0.15, 0.2) is 0 Å². The van der Waals surface area contributed by atoms with Gasteiger partial charge in [-0.15, -0.1) is 0 Å². The Bertz CT molecular complexity index is 2430. The lowest BCUT2D eigenvalue weighted by Gasteiger charge is -2.26. The van der Waals surface area contributed by atoms with Crippen LogP contribution in [0.1, 0.15) is 49.2 Å². The Labute approximate surface area is 335 Å². The third-order valence-corrected chi connectivity index (χ3v) is 9.30. The van der Waals surface area contributed by atoms with Crippen molar-refractivity contribution in [2.24, 2.45) is 0 Å². The molecule has 0 aliphatic carbocycles. The highest BCUT2D eigenvalue weighted by atomic mass is 16.6. The van der Waals surface area contributed by atoms with E-state index in [2.05, 4.69) is 25.9 Å². The monoisotopic (exact) mass is 786 g/mol. The summed E-state index contributed by atoms with van der Waals surface area (Å²) in [4.78, 5) is 74.5. The smallest absolute Gasteiger partial charge is 0.408 e. The number of nitrogens with one attached hydrogen (secondary N) is 4. The van der Waals surface area contributed by atoms with Crippen LogP contribution in [0.15, 0.2) is 103 Å². The van der Waals surface area contributed by atoms with Crippen molar-refractivity contribution < 1.29 is 38.2 Å². The zero-order valence-electron chi connectivity index (χ0n) is 33.0. The van der Waals surface area contributed by atoms with Crippen LogP contribution in [-0.4, -0.2) is 82.3 Å². The van der Waals surface area contributed by atoms with E-state index in [1.165, 1.54) is 7.11 Å². The molecule has 3 amide bonds. The number of hydrogen-bond acceptors (Lipinski definition) is 9. The number of methoxy groups -OCH3 is 1. The Morgan fingerprint density at radius 1 is 0.810 bits per heavy atom. The van der Waals surface area contributed by atoms with E-state index >= 15 is 0 Å². The molecule has 0 saturated carbocycles. The van der Waals surface area contributed by atoms with Crippen molar-refractivity contribution >= 4 is 51.7 Å². The molecule has 0 fully saturated rings. The first-order chi connectivity index (χ1) is 27.9. The maximum absolute atomic E-state index is 14.7. The Morgan fingerprint density at radius 3 is 2.19 bits per heavy atom. The van der Waals surface area contributed by atoms with E-state index in [1.54, 1.807) is 64.4 Å². The molecule has 300 valence electrons. The second kappa shape index (κ2) is 17.9. The molecule has 14 heteroatoms. The van der Waals surface area contributed by atoms with Crippen molar-refractivity contribution in [3.05, 3.63) is 120 Å². The lowest BCUT2D eigenvalue weighted by molar-refractivity contribution is -0.143. The number of ether oxygens (including phenoxy) is 3. The minimum absolute atomic E-state index is 0.0559. The second-order valence-corrected chi connectivity index (χ2v) is 14.5. The topological polar surface area (TPSA) is 183 Å². The number of pyridine rings is 1. The predicted molar refractivity (Wildman–Crippen MR) is 218 cm³/mol. The quantitative estimate of drug-likeness (QED) is 0.0783. The van der Waals surface area contributed by atoms with Crippen molar-refractivity contribution in [1.82, 2.24) is 30.5 Å². The van der Waals surface area contributed by atoms with Gasteiger partial charge in [0, 0.05) is 41.5 Å². The summed E-state index contributed by atoms with van der Waals surface area (Å²) in [5, 5.41) is 9.87. The van der Waals surface area contributed by atoms with Crippen LogP contribution in [0.3, 0.4) is 0 Å². The molecule has 6 rings (SSSR count). The molecule has 3 aromatic heterocycles. The molecule has 0 aliphatic rings. The summed E-state index contributed by atoms with van der Waals surface area (Å²) >= 11 is 0. The molecule has 0 spiro atoms. The number of aromatic nitrogens is 3. The van der Waals surface area contributed by atoms with E-state index in [0.717, 1.165) is 27.4 Å². The lowest BCUT2D eigenvalue weighted by atomic mass is 9.97. The first-order valence-electron chi connectivity index (χ1n) is 18.9. The minimum atomic E-state index is -1.28. The minimum Gasteiger partial charge on any atom is -0.465 e. The molecule has 0 aliphatic heterocycles. The maximum Gasteiger partial charge on any atom is 0.408 e. The van der Waals surface area contributed by atoms with Gasteiger partial charge in [0.05, 0.1) is 30.5 Å². The third kappa shape index (κ3) is 9.52. The van der Waals surface area contributed by atoms with Crippen LogP contribution >= 0.6 is 0 Å². The number of benzene rings is 3. The molecule has 3 heterocycles. The van der Waals surface area contributed by atoms with Crippen molar-refractivity contribution in [2.75, 3.05) is 20.3 Å². The Kier molecular flexibility index (Phi) is 12.5. The summed E-state index contributed by atoms with van der Waals surface area (Å²) in [5.74, 6) is -1.84. The molecule has 14 nitrogen and oxygen atoms in total. The Morgan fingerprint density at radius 2 is 1.50 bits per heavy atom. The van der Waals surface area contributed by atoms with Crippen molar-refractivity contribution in [2.45, 2.75) is 58.2 Å². The highest BCUT2D eigenvalue weighted by molar-refractivity contribution is 5.97.